The van der Waals surface area contributed by atoms with Crippen LogP contribution >= 0.6 is 0 Å². The molecule has 1 rings (SSSR count). The summed E-state index contributed by atoms with van der Waals surface area (Å²) in [7, 11) is 0. The van der Waals surface area contributed by atoms with Crippen molar-refractivity contribution in [3.05, 3.63) is 22.3 Å². The van der Waals surface area contributed by atoms with E-state index in [0.29, 0.717) is 0 Å². The molecule has 86 valence electrons. The van der Waals surface area contributed by atoms with Gasteiger partial charge in [-0.2, -0.15) is 29.0 Å². The Kier molecular flexibility index (Phi) is 3.55. The lowest BCUT2D eigenvalue weighted by Gasteiger charge is -2.21. The van der Waals surface area contributed by atoms with Crippen molar-refractivity contribution in [1.82, 2.24) is 0 Å². The van der Waals surface area contributed by atoms with E-state index >= 15 is 0 Å². The lowest BCUT2D eigenvalue weighted by Crippen LogP contribution is -2.20. The van der Waals surface area contributed by atoms with Crippen LogP contribution in [0.4, 0.5) is 13.2 Å². The highest BCUT2D eigenvalue weighted by Crippen LogP contribution is 2.41. The Morgan fingerprint density at radius 3 is 1.94 bits per heavy atom. The van der Waals surface area contributed by atoms with Gasteiger partial charge in [-0.3, -0.25) is 0 Å². The Balaban J connectivity index is 3.48. The number of halogens is 3. The number of allylic oxidation sites excluding steroid dienone is 4. The highest BCUT2D eigenvalue weighted by atomic mass is 19.4. The smallest absolute Gasteiger partial charge is 0.198 e. The molecule has 0 aromatic heterocycles. The molecule has 6 heteroatoms. The standard InChI is InChI=1S/C11H6F3N3/c12-11(13,14)10-8(6-17)2-1-7(5-16)9(10)3-4-15/h1-3H2. The van der Waals surface area contributed by atoms with Crippen molar-refractivity contribution in [2.75, 3.05) is 0 Å². The molecule has 0 amide bonds. The van der Waals surface area contributed by atoms with Crippen molar-refractivity contribution in [3.63, 3.8) is 0 Å². The van der Waals surface area contributed by atoms with Crippen molar-refractivity contribution in [3.8, 4) is 18.2 Å². The molecule has 0 atom stereocenters. The topological polar surface area (TPSA) is 71.4 Å². The first-order chi connectivity index (χ1) is 7.95. The lowest BCUT2D eigenvalue weighted by molar-refractivity contribution is -0.0904. The number of nitrogens with zero attached hydrogens (tertiary/aromatic N) is 3. The number of nitriles is 3. The average molecular weight is 237 g/mol. The van der Waals surface area contributed by atoms with Crippen molar-refractivity contribution in [2.24, 2.45) is 0 Å². The van der Waals surface area contributed by atoms with E-state index in [1.54, 1.807) is 12.1 Å². The van der Waals surface area contributed by atoms with Crippen molar-refractivity contribution in [1.29, 1.82) is 15.8 Å². The third kappa shape index (κ3) is 2.46. The molecule has 3 nitrogen and oxygen atoms in total. The van der Waals surface area contributed by atoms with Crippen LogP contribution in [0.2, 0.25) is 0 Å². The fraction of sp³-hybridized carbons (Fsp3) is 0.364. The van der Waals surface area contributed by atoms with Gasteiger partial charge in [-0.1, -0.05) is 0 Å². The highest BCUT2D eigenvalue weighted by Gasteiger charge is 2.41. The Labute approximate surface area is 95.7 Å². The van der Waals surface area contributed by atoms with E-state index in [1.165, 1.54) is 6.07 Å². The Morgan fingerprint density at radius 2 is 1.53 bits per heavy atom. The summed E-state index contributed by atoms with van der Waals surface area (Å²) in [5.74, 6) is 0. The van der Waals surface area contributed by atoms with Crippen LogP contribution in [0.1, 0.15) is 19.3 Å². The molecule has 1 aliphatic carbocycles. The van der Waals surface area contributed by atoms with Crippen LogP contribution in [-0.2, 0) is 0 Å². The number of rotatable bonds is 1. The molecule has 0 aromatic rings. The summed E-state index contributed by atoms with van der Waals surface area (Å²) in [6.07, 6.45) is -5.25. The van der Waals surface area contributed by atoms with Gasteiger partial charge < -0.3 is 0 Å². The Hall–Kier alpha value is -2.26. The minimum absolute atomic E-state index is 0.0575. The monoisotopic (exact) mass is 237 g/mol. The minimum Gasteiger partial charge on any atom is -0.198 e. The maximum atomic E-state index is 12.8. The van der Waals surface area contributed by atoms with Gasteiger partial charge in [0.1, 0.15) is 0 Å². The summed E-state index contributed by atoms with van der Waals surface area (Å²) in [6, 6.07) is 4.77. The first-order valence-electron chi connectivity index (χ1n) is 4.65. The molecule has 0 spiro atoms. The quantitative estimate of drug-likeness (QED) is 0.703. The molecule has 0 radical (unpaired) electrons. The van der Waals surface area contributed by atoms with E-state index in [0.717, 1.165) is 0 Å². The van der Waals surface area contributed by atoms with E-state index in [4.69, 9.17) is 15.8 Å². The van der Waals surface area contributed by atoms with Crippen LogP contribution in [0.5, 0.6) is 0 Å². The summed E-state index contributed by atoms with van der Waals surface area (Å²) in [5.41, 5.74) is -1.92. The third-order valence-electron chi connectivity index (χ3n) is 2.40. The minimum atomic E-state index is -4.71. The second-order valence-corrected chi connectivity index (χ2v) is 3.37. The number of alkyl halides is 3. The zero-order valence-electron chi connectivity index (χ0n) is 8.60. The molecule has 0 N–H and O–H groups in total. The second kappa shape index (κ2) is 4.72. The van der Waals surface area contributed by atoms with Gasteiger partial charge >= 0.3 is 6.18 Å². The molecule has 0 aromatic carbocycles. The summed E-state index contributed by atoms with van der Waals surface area (Å²) >= 11 is 0. The molecule has 17 heavy (non-hydrogen) atoms. The van der Waals surface area contributed by atoms with Gasteiger partial charge in [-0.05, 0) is 18.4 Å². The Morgan fingerprint density at radius 1 is 1.00 bits per heavy atom. The highest BCUT2D eigenvalue weighted by molar-refractivity contribution is 5.54. The van der Waals surface area contributed by atoms with Gasteiger partial charge in [0.05, 0.1) is 30.2 Å². The SMILES string of the molecule is N#CCC1=C(C#N)CCC(C#N)=C1C(F)(F)F. The van der Waals surface area contributed by atoms with Gasteiger partial charge in [0, 0.05) is 11.1 Å². The van der Waals surface area contributed by atoms with Crippen LogP contribution in [0.15, 0.2) is 22.3 Å². The van der Waals surface area contributed by atoms with Crippen LogP contribution < -0.4 is 0 Å². The number of hydrogen-bond acceptors (Lipinski definition) is 3. The Bertz CT molecular complexity index is 518. The van der Waals surface area contributed by atoms with E-state index in [1.807, 2.05) is 0 Å². The summed E-state index contributed by atoms with van der Waals surface area (Å²) in [4.78, 5) is 0. The third-order valence-corrected chi connectivity index (χ3v) is 2.40. The maximum Gasteiger partial charge on any atom is 0.417 e. The van der Waals surface area contributed by atoms with Gasteiger partial charge in [0.15, 0.2) is 0 Å². The molecule has 0 bridgehead atoms. The van der Waals surface area contributed by atoms with Gasteiger partial charge in [0.25, 0.3) is 0 Å². The molecule has 1 aliphatic rings. The zero-order chi connectivity index (χ0) is 13.1. The fourth-order valence-electron chi connectivity index (χ4n) is 1.71. The molecular weight excluding hydrogens is 231 g/mol. The van der Waals surface area contributed by atoms with E-state index in [-0.39, 0.29) is 24.0 Å². The van der Waals surface area contributed by atoms with E-state index in [9.17, 15) is 13.2 Å². The van der Waals surface area contributed by atoms with Crippen LogP contribution in [0.3, 0.4) is 0 Å². The average Bonchev–Trinajstić information content (AvgIpc) is 2.27. The molecule has 0 saturated heterocycles. The van der Waals surface area contributed by atoms with Crippen molar-refractivity contribution in [2.45, 2.75) is 25.4 Å². The second-order valence-electron chi connectivity index (χ2n) is 3.37. The molecule has 0 unspecified atom stereocenters. The summed E-state index contributed by atoms with van der Waals surface area (Å²) in [5, 5.41) is 25.9. The van der Waals surface area contributed by atoms with Gasteiger partial charge in [-0.25, -0.2) is 0 Å². The lowest BCUT2D eigenvalue weighted by atomic mass is 9.84. The molecular formula is C11H6F3N3. The molecule has 0 saturated carbocycles. The van der Waals surface area contributed by atoms with Crippen LogP contribution in [-0.4, -0.2) is 6.18 Å². The predicted molar refractivity (Wildman–Crippen MR) is 50.8 cm³/mol. The van der Waals surface area contributed by atoms with Crippen molar-refractivity contribution >= 4 is 0 Å². The van der Waals surface area contributed by atoms with Gasteiger partial charge in [-0.15, -0.1) is 0 Å². The molecule has 0 aliphatic heterocycles. The van der Waals surface area contributed by atoms with E-state index in [2.05, 4.69) is 0 Å². The maximum absolute atomic E-state index is 12.8. The van der Waals surface area contributed by atoms with Crippen LogP contribution in [0.25, 0.3) is 0 Å². The molecule has 0 fully saturated rings. The summed E-state index contributed by atoms with van der Waals surface area (Å²) < 4.78 is 38.4. The van der Waals surface area contributed by atoms with E-state index < -0.39 is 23.7 Å². The first-order valence-corrected chi connectivity index (χ1v) is 4.65. The van der Waals surface area contributed by atoms with Gasteiger partial charge in [0.2, 0.25) is 0 Å². The molecule has 0 heterocycles. The first kappa shape index (κ1) is 12.8. The number of hydrogen-bond donors (Lipinski definition) is 0. The van der Waals surface area contributed by atoms with Crippen LogP contribution in [0, 0.1) is 34.0 Å². The fourth-order valence-corrected chi connectivity index (χ4v) is 1.71. The normalized spacial score (nSPS) is 16.2. The summed E-state index contributed by atoms with van der Waals surface area (Å²) in [6.45, 7) is 0. The van der Waals surface area contributed by atoms with Crippen molar-refractivity contribution < 1.29 is 13.2 Å². The largest absolute Gasteiger partial charge is 0.417 e. The predicted octanol–water partition coefficient (Wildman–Crippen LogP) is 2.90. The zero-order valence-corrected chi connectivity index (χ0v) is 8.60.